The number of hydrogen-bond donors (Lipinski definition) is 0. The summed E-state index contributed by atoms with van der Waals surface area (Å²) in [5.74, 6) is 1.70. The van der Waals surface area contributed by atoms with Crippen molar-refractivity contribution in [3.8, 4) is 62.1 Å². The molecular weight excluding hydrogens is 685 g/mol. The quantitative estimate of drug-likeness (QED) is 0.172. The molecule has 3 heterocycles. The fourth-order valence-corrected chi connectivity index (χ4v) is 7.98. The van der Waals surface area contributed by atoms with E-state index in [2.05, 4.69) is 156 Å². The van der Waals surface area contributed by atoms with E-state index in [0.29, 0.717) is 17.6 Å². The Bertz CT molecular complexity index is 3180. The molecule has 0 saturated carbocycles. The van der Waals surface area contributed by atoms with Gasteiger partial charge in [-0.15, -0.1) is 0 Å². The molecule has 0 N–H and O–H groups in total. The van der Waals surface area contributed by atoms with E-state index >= 15 is 0 Å². The van der Waals surface area contributed by atoms with Crippen molar-refractivity contribution in [2.24, 2.45) is 0 Å². The first-order chi connectivity index (χ1) is 27.7. The molecule has 11 aromatic rings. The molecule has 3 aromatic heterocycles. The maximum absolute atomic E-state index is 6.64. The number of fused-ring (bicyclic) bond motifs is 7. The van der Waals surface area contributed by atoms with Crippen molar-refractivity contribution in [3.63, 3.8) is 0 Å². The molecule has 0 aliphatic heterocycles. The Morgan fingerprint density at radius 2 is 0.839 bits per heavy atom. The number of aromatic nitrogens is 4. The fraction of sp³-hybridized carbons (Fsp3) is 0. The Morgan fingerprint density at radius 1 is 0.339 bits per heavy atom. The van der Waals surface area contributed by atoms with Crippen LogP contribution >= 0.6 is 0 Å². The van der Waals surface area contributed by atoms with Crippen LogP contribution in [0.1, 0.15) is 0 Å². The molecule has 8 aromatic carbocycles. The highest BCUT2D eigenvalue weighted by molar-refractivity contribution is 6.21. The monoisotopic (exact) mass is 716 g/mol. The minimum Gasteiger partial charge on any atom is -0.454 e. The molecule has 5 nitrogen and oxygen atoms in total. The Kier molecular flexibility index (Phi) is 7.42. The molecule has 0 saturated heterocycles. The van der Waals surface area contributed by atoms with Gasteiger partial charge in [0.2, 0.25) is 5.95 Å². The van der Waals surface area contributed by atoms with Gasteiger partial charge in [-0.25, -0.2) is 4.98 Å². The second-order valence-corrected chi connectivity index (χ2v) is 14.0. The average Bonchev–Trinajstić information content (AvgIpc) is 3.83. The number of furan rings is 1. The van der Waals surface area contributed by atoms with Gasteiger partial charge < -0.3 is 4.42 Å². The van der Waals surface area contributed by atoms with Crippen molar-refractivity contribution >= 4 is 43.7 Å². The predicted molar refractivity (Wildman–Crippen MR) is 229 cm³/mol. The molecule has 5 heteroatoms. The van der Waals surface area contributed by atoms with Crippen LogP contribution in [0.2, 0.25) is 0 Å². The highest BCUT2D eigenvalue weighted by atomic mass is 16.3. The summed E-state index contributed by atoms with van der Waals surface area (Å²) < 4.78 is 8.79. The molecule has 0 aliphatic carbocycles. The molecule has 0 spiro atoms. The number of rotatable bonds is 6. The smallest absolute Gasteiger partial charge is 0.238 e. The van der Waals surface area contributed by atoms with E-state index < -0.39 is 0 Å². The van der Waals surface area contributed by atoms with Crippen molar-refractivity contribution in [2.75, 3.05) is 0 Å². The van der Waals surface area contributed by atoms with E-state index in [9.17, 15) is 0 Å². The van der Waals surface area contributed by atoms with Crippen molar-refractivity contribution in [2.45, 2.75) is 0 Å². The maximum atomic E-state index is 6.64. The van der Waals surface area contributed by atoms with Gasteiger partial charge in [-0.1, -0.05) is 152 Å². The fourth-order valence-electron chi connectivity index (χ4n) is 7.98. The van der Waals surface area contributed by atoms with Crippen LogP contribution in [0.4, 0.5) is 0 Å². The molecule has 0 amide bonds. The van der Waals surface area contributed by atoms with Crippen LogP contribution in [-0.4, -0.2) is 19.5 Å². The zero-order valence-electron chi connectivity index (χ0n) is 30.2. The van der Waals surface area contributed by atoms with Gasteiger partial charge in [0.15, 0.2) is 17.2 Å². The average molecular weight is 717 g/mol. The Labute approximate surface area is 322 Å². The van der Waals surface area contributed by atoms with Gasteiger partial charge in [-0.2, -0.15) is 9.97 Å². The normalized spacial score (nSPS) is 11.6. The van der Waals surface area contributed by atoms with Crippen molar-refractivity contribution in [3.05, 3.63) is 194 Å². The van der Waals surface area contributed by atoms with Crippen molar-refractivity contribution < 1.29 is 4.42 Å². The largest absolute Gasteiger partial charge is 0.454 e. The van der Waals surface area contributed by atoms with Gasteiger partial charge in [0.1, 0.15) is 11.1 Å². The summed E-state index contributed by atoms with van der Waals surface area (Å²) in [6, 6.07) is 67.5. The summed E-state index contributed by atoms with van der Waals surface area (Å²) in [6.45, 7) is 0. The Hall–Kier alpha value is -7.63. The van der Waals surface area contributed by atoms with Crippen LogP contribution in [0.15, 0.2) is 199 Å². The topological polar surface area (TPSA) is 56.7 Å². The maximum Gasteiger partial charge on any atom is 0.238 e. The third-order valence-electron chi connectivity index (χ3n) is 10.6. The Morgan fingerprint density at radius 3 is 1.54 bits per heavy atom. The van der Waals surface area contributed by atoms with E-state index in [4.69, 9.17) is 19.4 Å². The van der Waals surface area contributed by atoms with Gasteiger partial charge >= 0.3 is 0 Å². The lowest BCUT2D eigenvalue weighted by atomic mass is 9.93. The van der Waals surface area contributed by atoms with Crippen LogP contribution in [-0.2, 0) is 0 Å². The van der Waals surface area contributed by atoms with Gasteiger partial charge in [0.25, 0.3) is 0 Å². The lowest BCUT2D eigenvalue weighted by molar-refractivity contribution is 0.670. The molecule has 0 atom stereocenters. The molecule has 11 rings (SSSR count). The highest BCUT2D eigenvalue weighted by Crippen LogP contribution is 2.40. The molecule has 0 aliphatic rings. The second-order valence-electron chi connectivity index (χ2n) is 14.0. The summed E-state index contributed by atoms with van der Waals surface area (Å²) in [7, 11) is 0. The molecule has 0 unspecified atom stereocenters. The molecule has 0 fully saturated rings. The van der Waals surface area contributed by atoms with Gasteiger partial charge in [0, 0.05) is 32.7 Å². The lowest BCUT2D eigenvalue weighted by Crippen LogP contribution is -2.06. The van der Waals surface area contributed by atoms with Crippen molar-refractivity contribution in [1.82, 2.24) is 19.5 Å². The van der Waals surface area contributed by atoms with E-state index in [0.717, 1.165) is 77.1 Å². The summed E-state index contributed by atoms with van der Waals surface area (Å²) in [5.41, 5.74) is 12.2. The predicted octanol–water partition coefficient (Wildman–Crippen LogP) is 13.2. The summed E-state index contributed by atoms with van der Waals surface area (Å²) >= 11 is 0. The van der Waals surface area contributed by atoms with Gasteiger partial charge in [-0.05, 0) is 75.8 Å². The first kappa shape index (κ1) is 31.9. The van der Waals surface area contributed by atoms with E-state index in [1.54, 1.807) is 0 Å². The first-order valence-corrected chi connectivity index (χ1v) is 18.8. The standard InChI is InChI=1S/C51H32N4O/c1-4-15-33(16-5-1)38-30-39(34-17-6-2-7-18-34)32-40(31-38)36-21-14-22-37(29-36)50-52-49(35-19-8-3-9-20-35)53-51(54-50)55-45-25-12-10-23-41(45)43-27-28-44-42-24-11-13-26-46(42)56-48(44)47(43)55/h1-32H. The second kappa shape index (κ2) is 13.0. The summed E-state index contributed by atoms with van der Waals surface area (Å²) in [6.07, 6.45) is 0. The lowest BCUT2D eigenvalue weighted by Gasteiger charge is -2.13. The van der Waals surface area contributed by atoms with E-state index in [-0.39, 0.29) is 0 Å². The summed E-state index contributed by atoms with van der Waals surface area (Å²) in [4.78, 5) is 15.6. The van der Waals surface area contributed by atoms with Crippen LogP contribution in [0.25, 0.3) is 106 Å². The zero-order chi connectivity index (χ0) is 37.0. The number of nitrogens with zero attached hydrogens (tertiary/aromatic N) is 4. The molecular formula is C51H32N4O. The van der Waals surface area contributed by atoms with Crippen LogP contribution in [0.3, 0.4) is 0 Å². The zero-order valence-corrected chi connectivity index (χ0v) is 30.2. The van der Waals surface area contributed by atoms with Crippen LogP contribution in [0, 0.1) is 0 Å². The first-order valence-electron chi connectivity index (χ1n) is 18.8. The highest BCUT2D eigenvalue weighted by Gasteiger charge is 2.22. The third kappa shape index (κ3) is 5.37. The summed E-state index contributed by atoms with van der Waals surface area (Å²) in [5, 5.41) is 4.30. The molecule has 0 bridgehead atoms. The SMILES string of the molecule is c1ccc(-c2cc(-c3ccccc3)cc(-c3cccc(-c4nc(-c5ccccc5)nc(-n5c6ccccc6c6ccc7c8ccccc8oc7c65)n4)c3)c2)cc1. The molecule has 262 valence electrons. The van der Waals surface area contributed by atoms with Gasteiger partial charge in [-0.3, -0.25) is 4.57 Å². The number of para-hydroxylation sites is 2. The van der Waals surface area contributed by atoms with Crippen molar-refractivity contribution in [1.29, 1.82) is 0 Å². The number of benzene rings is 8. The van der Waals surface area contributed by atoms with Crippen LogP contribution < -0.4 is 0 Å². The molecule has 56 heavy (non-hydrogen) atoms. The van der Waals surface area contributed by atoms with E-state index in [1.807, 2.05) is 42.5 Å². The number of hydrogen-bond acceptors (Lipinski definition) is 4. The third-order valence-corrected chi connectivity index (χ3v) is 10.6. The minimum atomic E-state index is 0.524. The van der Waals surface area contributed by atoms with E-state index in [1.165, 1.54) is 11.1 Å². The Balaban J connectivity index is 1.14. The molecule has 0 radical (unpaired) electrons. The van der Waals surface area contributed by atoms with Gasteiger partial charge in [0.05, 0.1) is 5.52 Å². The van der Waals surface area contributed by atoms with Crippen LogP contribution in [0.5, 0.6) is 0 Å². The minimum absolute atomic E-state index is 0.524.